The number of amides is 1. The van der Waals surface area contributed by atoms with Crippen LogP contribution in [-0.4, -0.2) is 59.3 Å². The molecule has 0 aliphatic heterocycles. The van der Waals surface area contributed by atoms with Crippen molar-refractivity contribution in [2.45, 2.75) is 70.4 Å². The normalized spacial score (nSPS) is 20.5. The van der Waals surface area contributed by atoms with Gasteiger partial charge in [-0.25, -0.2) is 0 Å². The molecular formula is C21H36N4OS. The van der Waals surface area contributed by atoms with Crippen LogP contribution in [-0.2, 0) is 19.4 Å². The Balaban J connectivity index is 1.74. The van der Waals surface area contributed by atoms with Gasteiger partial charge < -0.3 is 10.2 Å². The highest BCUT2D eigenvalue weighted by Gasteiger charge is 2.30. The molecule has 152 valence electrons. The van der Waals surface area contributed by atoms with Gasteiger partial charge in [0, 0.05) is 37.9 Å². The molecule has 0 radical (unpaired) electrons. The molecule has 0 saturated heterocycles. The lowest BCUT2D eigenvalue weighted by Gasteiger charge is -2.26. The Kier molecular flexibility index (Phi) is 7.65. The van der Waals surface area contributed by atoms with E-state index in [2.05, 4.69) is 16.3 Å². The highest BCUT2D eigenvalue weighted by molar-refractivity contribution is 7.98. The lowest BCUT2D eigenvalue weighted by Crippen LogP contribution is -2.36. The largest absolute Gasteiger partial charge is 0.343 e. The molecular weight excluding hydrogens is 356 g/mol. The zero-order valence-corrected chi connectivity index (χ0v) is 18.1. The SMILES string of the molecule is CSCCCNC1CCc2c(c(C(=O)N(C)C)nn2CC2CCCCC2)C1. The summed E-state index contributed by atoms with van der Waals surface area (Å²) < 4.78 is 2.20. The molecule has 5 nitrogen and oxygen atoms in total. The fourth-order valence-corrected chi connectivity index (χ4v) is 4.97. The minimum atomic E-state index is 0.0525. The Morgan fingerprint density at radius 3 is 2.74 bits per heavy atom. The van der Waals surface area contributed by atoms with Crippen LogP contribution in [0.3, 0.4) is 0 Å². The first kappa shape index (κ1) is 20.7. The van der Waals surface area contributed by atoms with Gasteiger partial charge in [-0.05, 0) is 63.0 Å². The van der Waals surface area contributed by atoms with Crippen molar-refractivity contribution < 1.29 is 4.79 Å². The summed E-state index contributed by atoms with van der Waals surface area (Å²) in [7, 11) is 3.66. The molecule has 1 amide bonds. The van der Waals surface area contributed by atoms with E-state index in [1.165, 1.54) is 55.5 Å². The lowest BCUT2D eigenvalue weighted by molar-refractivity contribution is 0.0819. The third kappa shape index (κ3) is 5.29. The number of hydrogen-bond donors (Lipinski definition) is 1. The fourth-order valence-electron chi connectivity index (χ4n) is 4.53. The van der Waals surface area contributed by atoms with E-state index in [-0.39, 0.29) is 5.91 Å². The molecule has 1 unspecified atom stereocenters. The van der Waals surface area contributed by atoms with Gasteiger partial charge in [0.1, 0.15) is 0 Å². The number of aromatic nitrogens is 2. The smallest absolute Gasteiger partial charge is 0.274 e. The summed E-state index contributed by atoms with van der Waals surface area (Å²) in [6.45, 7) is 2.06. The maximum absolute atomic E-state index is 12.8. The summed E-state index contributed by atoms with van der Waals surface area (Å²) in [5, 5.41) is 8.55. The summed E-state index contributed by atoms with van der Waals surface area (Å²) in [5.41, 5.74) is 3.23. The van der Waals surface area contributed by atoms with Crippen molar-refractivity contribution >= 4 is 17.7 Å². The van der Waals surface area contributed by atoms with Crippen LogP contribution >= 0.6 is 11.8 Å². The number of thioether (sulfide) groups is 1. The highest BCUT2D eigenvalue weighted by atomic mass is 32.2. The quantitative estimate of drug-likeness (QED) is 0.689. The van der Waals surface area contributed by atoms with Gasteiger partial charge in [-0.1, -0.05) is 19.3 Å². The number of hydrogen-bond acceptors (Lipinski definition) is 4. The molecule has 1 atom stereocenters. The van der Waals surface area contributed by atoms with Crippen LogP contribution in [0.4, 0.5) is 0 Å². The van der Waals surface area contributed by atoms with Crippen LogP contribution < -0.4 is 5.32 Å². The highest BCUT2D eigenvalue weighted by Crippen LogP contribution is 2.29. The Labute approximate surface area is 168 Å². The van der Waals surface area contributed by atoms with Gasteiger partial charge in [0.2, 0.25) is 0 Å². The lowest BCUT2D eigenvalue weighted by atomic mass is 9.88. The van der Waals surface area contributed by atoms with Crippen LogP contribution in [0, 0.1) is 5.92 Å². The van der Waals surface area contributed by atoms with Gasteiger partial charge >= 0.3 is 0 Å². The monoisotopic (exact) mass is 392 g/mol. The molecule has 1 heterocycles. The van der Waals surface area contributed by atoms with Crippen molar-refractivity contribution in [3.05, 3.63) is 17.0 Å². The Bertz CT molecular complexity index is 622. The van der Waals surface area contributed by atoms with Crippen molar-refractivity contribution in [3.63, 3.8) is 0 Å². The second-order valence-corrected chi connectivity index (χ2v) is 9.39. The average molecular weight is 393 g/mol. The second-order valence-electron chi connectivity index (χ2n) is 8.40. The van der Waals surface area contributed by atoms with Crippen molar-refractivity contribution in [1.29, 1.82) is 0 Å². The third-order valence-electron chi connectivity index (χ3n) is 6.07. The summed E-state index contributed by atoms with van der Waals surface area (Å²) in [5.74, 6) is 1.98. The maximum atomic E-state index is 12.8. The number of nitrogens with zero attached hydrogens (tertiary/aromatic N) is 3. The molecule has 6 heteroatoms. The van der Waals surface area contributed by atoms with Crippen LogP contribution in [0.5, 0.6) is 0 Å². The zero-order valence-electron chi connectivity index (χ0n) is 17.3. The van der Waals surface area contributed by atoms with Crippen LogP contribution in [0.15, 0.2) is 0 Å². The van der Waals surface area contributed by atoms with E-state index < -0.39 is 0 Å². The van der Waals surface area contributed by atoms with Crippen molar-refractivity contribution in [3.8, 4) is 0 Å². The molecule has 0 spiro atoms. The Morgan fingerprint density at radius 1 is 1.26 bits per heavy atom. The molecule has 1 aromatic heterocycles. The van der Waals surface area contributed by atoms with E-state index >= 15 is 0 Å². The topological polar surface area (TPSA) is 50.2 Å². The molecule has 2 aliphatic carbocycles. The van der Waals surface area contributed by atoms with E-state index in [0.717, 1.165) is 38.3 Å². The molecule has 0 aromatic carbocycles. The first-order valence-electron chi connectivity index (χ1n) is 10.6. The number of fused-ring (bicyclic) bond motifs is 1. The predicted octanol–water partition coefficient (Wildman–Crippen LogP) is 3.37. The molecule has 27 heavy (non-hydrogen) atoms. The van der Waals surface area contributed by atoms with Gasteiger partial charge in [0.05, 0.1) is 0 Å². The summed E-state index contributed by atoms with van der Waals surface area (Å²) in [6, 6.07) is 0.473. The minimum absolute atomic E-state index is 0.0525. The zero-order chi connectivity index (χ0) is 19.2. The molecule has 1 N–H and O–H groups in total. The molecule has 1 saturated carbocycles. The summed E-state index contributed by atoms with van der Waals surface area (Å²) in [6.07, 6.45) is 13.2. The maximum Gasteiger partial charge on any atom is 0.274 e. The van der Waals surface area contributed by atoms with Crippen LogP contribution in [0.2, 0.25) is 0 Å². The van der Waals surface area contributed by atoms with Gasteiger partial charge in [0.15, 0.2) is 5.69 Å². The summed E-state index contributed by atoms with van der Waals surface area (Å²) >= 11 is 1.90. The molecule has 3 rings (SSSR count). The number of carbonyl (C=O) groups is 1. The third-order valence-corrected chi connectivity index (χ3v) is 6.77. The predicted molar refractivity (Wildman–Crippen MR) is 114 cm³/mol. The first-order chi connectivity index (χ1) is 13.1. The first-order valence-corrected chi connectivity index (χ1v) is 12.0. The van der Waals surface area contributed by atoms with Gasteiger partial charge in [-0.2, -0.15) is 16.9 Å². The number of carbonyl (C=O) groups excluding carboxylic acids is 1. The van der Waals surface area contributed by atoms with E-state index in [4.69, 9.17) is 5.10 Å². The van der Waals surface area contributed by atoms with Gasteiger partial charge in [0.25, 0.3) is 5.91 Å². The van der Waals surface area contributed by atoms with E-state index in [0.29, 0.717) is 11.7 Å². The fraction of sp³-hybridized carbons (Fsp3) is 0.810. The summed E-state index contributed by atoms with van der Waals surface area (Å²) in [4.78, 5) is 14.4. The van der Waals surface area contributed by atoms with Crippen molar-refractivity contribution in [1.82, 2.24) is 20.0 Å². The molecule has 1 fully saturated rings. The minimum Gasteiger partial charge on any atom is -0.343 e. The van der Waals surface area contributed by atoms with Gasteiger partial charge in [-0.3, -0.25) is 9.48 Å². The Hall–Kier alpha value is -1.01. The standard InChI is InChI=1S/C21H36N4OS/c1-24(2)21(26)20-18-14-17(22-12-7-13-27-3)10-11-19(18)25(23-20)15-16-8-5-4-6-9-16/h16-17,22H,4-15H2,1-3H3. The van der Waals surface area contributed by atoms with Crippen LogP contribution in [0.1, 0.15) is 66.7 Å². The molecule has 1 aromatic rings. The van der Waals surface area contributed by atoms with Crippen molar-refractivity contribution in [2.24, 2.45) is 5.92 Å². The average Bonchev–Trinajstić information content (AvgIpc) is 3.03. The van der Waals surface area contributed by atoms with Crippen LogP contribution in [0.25, 0.3) is 0 Å². The second kappa shape index (κ2) is 9.97. The van der Waals surface area contributed by atoms with Gasteiger partial charge in [-0.15, -0.1) is 0 Å². The van der Waals surface area contributed by atoms with E-state index in [1.54, 1.807) is 4.90 Å². The number of nitrogens with one attached hydrogen (secondary N) is 1. The Morgan fingerprint density at radius 2 is 2.04 bits per heavy atom. The molecule has 2 aliphatic rings. The van der Waals surface area contributed by atoms with E-state index in [1.807, 2.05) is 25.9 Å². The van der Waals surface area contributed by atoms with E-state index in [9.17, 15) is 4.79 Å². The molecule has 0 bridgehead atoms. The van der Waals surface area contributed by atoms with Crippen molar-refractivity contribution in [2.75, 3.05) is 32.6 Å². The number of rotatable bonds is 8.